The van der Waals surface area contributed by atoms with Crippen molar-refractivity contribution in [2.45, 2.75) is 6.92 Å². The molecule has 1 aromatic carbocycles. The van der Waals surface area contributed by atoms with Gasteiger partial charge >= 0.3 is 0 Å². The summed E-state index contributed by atoms with van der Waals surface area (Å²) < 4.78 is 13.6. The van der Waals surface area contributed by atoms with E-state index in [-0.39, 0.29) is 11.7 Å². The van der Waals surface area contributed by atoms with Gasteiger partial charge < -0.3 is 5.32 Å². The second kappa shape index (κ2) is 6.43. The van der Waals surface area contributed by atoms with Gasteiger partial charge in [0.05, 0.1) is 0 Å². The van der Waals surface area contributed by atoms with E-state index in [1.165, 1.54) is 18.2 Å². The number of amides is 1. The van der Waals surface area contributed by atoms with Gasteiger partial charge in [0.25, 0.3) is 0 Å². The average Bonchev–Trinajstić information content (AvgIpc) is 2.42. The molecular formula is C15H12BrFN2O. The third kappa shape index (κ3) is 3.99. The minimum absolute atomic E-state index is 0.288. The number of aromatic nitrogens is 1. The van der Waals surface area contributed by atoms with Crippen LogP contribution < -0.4 is 5.32 Å². The monoisotopic (exact) mass is 334 g/mol. The molecule has 20 heavy (non-hydrogen) atoms. The fourth-order valence-corrected chi connectivity index (χ4v) is 1.74. The zero-order valence-electron chi connectivity index (χ0n) is 10.7. The average molecular weight is 335 g/mol. The van der Waals surface area contributed by atoms with E-state index >= 15 is 0 Å². The lowest BCUT2D eigenvalue weighted by atomic mass is 10.2. The predicted octanol–water partition coefficient (Wildman–Crippen LogP) is 3.94. The molecule has 1 aromatic heterocycles. The molecule has 0 aliphatic rings. The van der Waals surface area contributed by atoms with Crippen LogP contribution >= 0.6 is 15.9 Å². The van der Waals surface area contributed by atoms with Gasteiger partial charge in [-0.3, -0.25) is 4.79 Å². The summed E-state index contributed by atoms with van der Waals surface area (Å²) in [6.07, 6.45) is 4.63. The van der Waals surface area contributed by atoms with Gasteiger partial charge in [-0.25, -0.2) is 9.37 Å². The number of hydrogen-bond donors (Lipinski definition) is 1. The first kappa shape index (κ1) is 14.4. The van der Waals surface area contributed by atoms with E-state index < -0.39 is 0 Å². The summed E-state index contributed by atoms with van der Waals surface area (Å²) >= 11 is 3.34. The van der Waals surface area contributed by atoms with Crippen LogP contribution in [0, 0.1) is 12.7 Å². The van der Waals surface area contributed by atoms with E-state index in [0.717, 1.165) is 15.6 Å². The smallest absolute Gasteiger partial charge is 0.249 e. The van der Waals surface area contributed by atoms with Gasteiger partial charge in [-0.05, 0) is 58.3 Å². The summed E-state index contributed by atoms with van der Waals surface area (Å²) in [6.45, 7) is 1.91. The zero-order chi connectivity index (χ0) is 14.5. The topological polar surface area (TPSA) is 42.0 Å². The number of hydrogen-bond acceptors (Lipinski definition) is 2. The molecule has 0 aliphatic carbocycles. The van der Waals surface area contributed by atoms with E-state index in [1.807, 2.05) is 6.92 Å². The molecule has 0 aliphatic heterocycles. The molecule has 1 N–H and O–H groups in total. The van der Waals surface area contributed by atoms with Crippen LogP contribution in [0.1, 0.15) is 11.1 Å². The molecule has 5 heteroatoms. The summed E-state index contributed by atoms with van der Waals surface area (Å²) in [7, 11) is 0. The van der Waals surface area contributed by atoms with Crippen molar-refractivity contribution < 1.29 is 9.18 Å². The van der Waals surface area contributed by atoms with Gasteiger partial charge in [0.15, 0.2) is 0 Å². The van der Waals surface area contributed by atoms with Crippen LogP contribution in [-0.2, 0) is 4.79 Å². The first-order valence-corrected chi connectivity index (χ1v) is 6.70. The Morgan fingerprint density at radius 1 is 1.35 bits per heavy atom. The number of benzene rings is 1. The minimum atomic E-state index is -0.305. The number of carbonyl (C=O) groups is 1. The first-order valence-electron chi connectivity index (χ1n) is 5.91. The van der Waals surface area contributed by atoms with Gasteiger partial charge in [-0.15, -0.1) is 0 Å². The zero-order valence-corrected chi connectivity index (χ0v) is 12.3. The van der Waals surface area contributed by atoms with E-state index in [9.17, 15) is 9.18 Å². The molecule has 0 spiro atoms. The third-order valence-corrected chi connectivity index (χ3v) is 3.43. The van der Waals surface area contributed by atoms with Gasteiger partial charge in [0.1, 0.15) is 11.6 Å². The van der Waals surface area contributed by atoms with E-state index in [2.05, 4.69) is 26.2 Å². The normalized spacial score (nSPS) is 10.8. The number of anilines is 1. The van der Waals surface area contributed by atoms with Crippen LogP contribution in [0.15, 0.2) is 47.1 Å². The van der Waals surface area contributed by atoms with Crippen LogP contribution in [-0.4, -0.2) is 10.9 Å². The van der Waals surface area contributed by atoms with Crippen LogP contribution in [0.3, 0.4) is 0 Å². The summed E-state index contributed by atoms with van der Waals surface area (Å²) in [5.41, 5.74) is 1.74. The summed E-state index contributed by atoms with van der Waals surface area (Å²) in [5, 5.41) is 2.66. The maximum Gasteiger partial charge on any atom is 0.249 e. The highest BCUT2D eigenvalue weighted by atomic mass is 79.9. The molecule has 102 valence electrons. The van der Waals surface area contributed by atoms with Crippen molar-refractivity contribution in [3.63, 3.8) is 0 Å². The van der Waals surface area contributed by atoms with E-state index in [4.69, 9.17) is 0 Å². The van der Waals surface area contributed by atoms with Crippen molar-refractivity contribution in [3.05, 3.63) is 64.0 Å². The maximum absolute atomic E-state index is 12.7. The van der Waals surface area contributed by atoms with Gasteiger partial charge in [-0.1, -0.05) is 12.1 Å². The number of aryl methyl sites for hydroxylation is 1. The Hall–Kier alpha value is -2.01. The Morgan fingerprint density at radius 2 is 2.05 bits per heavy atom. The number of nitrogens with one attached hydrogen (secondary N) is 1. The molecule has 0 saturated carbocycles. The lowest BCUT2D eigenvalue weighted by Crippen LogP contribution is -2.09. The molecule has 1 amide bonds. The fraction of sp³-hybridized carbons (Fsp3) is 0.0667. The molecule has 0 atom stereocenters. The highest BCUT2D eigenvalue weighted by Gasteiger charge is 2.01. The quantitative estimate of drug-likeness (QED) is 0.863. The molecule has 0 radical (unpaired) electrons. The minimum Gasteiger partial charge on any atom is -0.307 e. The molecule has 2 aromatic rings. The second-order valence-electron chi connectivity index (χ2n) is 4.19. The molecule has 0 fully saturated rings. The lowest BCUT2D eigenvalue weighted by molar-refractivity contribution is -0.111. The largest absolute Gasteiger partial charge is 0.307 e. The molecule has 2 rings (SSSR count). The van der Waals surface area contributed by atoms with E-state index in [1.54, 1.807) is 30.5 Å². The summed E-state index contributed by atoms with van der Waals surface area (Å²) in [5.74, 6) is -0.107. The van der Waals surface area contributed by atoms with Gasteiger partial charge in [-0.2, -0.15) is 0 Å². The Labute approximate surface area is 124 Å². The lowest BCUT2D eigenvalue weighted by Gasteiger charge is -2.03. The maximum atomic E-state index is 12.7. The van der Waals surface area contributed by atoms with Gasteiger partial charge in [0.2, 0.25) is 5.91 Å². The highest BCUT2D eigenvalue weighted by Crippen LogP contribution is 2.17. The Bertz CT molecular complexity index is 653. The number of rotatable bonds is 3. The Balaban J connectivity index is 2.01. The van der Waals surface area contributed by atoms with Crippen LogP contribution in [0.4, 0.5) is 10.2 Å². The summed E-state index contributed by atoms with van der Waals surface area (Å²) in [6, 6.07) is 7.66. The van der Waals surface area contributed by atoms with Crippen molar-refractivity contribution >= 4 is 33.7 Å². The SMILES string of the molecule is Cc1cc(NC(=O)/C=C/c2ccc(F)cc2)ncc1Br. The standard InChI is InChI=1S/C15H12BrFN2O/c1-10-8-14(18-9-13(10)16)19-15(20)7-4-11-2-5-12(17)6-3-11/h2-9H,1H3,(H,18,19,20)/b7-4+. The molecular weight excluding hydrogens is 323 g/mol. The molecule has 1 heterocycles. The van der Waals surface area contributed by atoms with Crippen molar-refractivity contribution in [1.29, 1.82) is 0 Å². The van der Waals surface area contributed by atoms with Crippen LogP contribution in [0.2, 0.25) is 0 Å². The van der Waals surface area contributed by atoms with E-state index in [0.29, 0.717) is 5.82 Å². The number of carbonyl (C=O) groups excluding carboxylic acids is 1. The van der Waals surface area contributed by atoms with Crippen LogP contribution in [0.25, 0.3) is 6.08 Å². The Kier molecular flexibility index (Phi) is 4.63. The summed E-state index contributed by atoms with van der Waals surface area (Å²) in [4.78, 5) is 15.8. The predicted molar refractivity (Wildman–Crippen MR) is 80.7 cm³/mol. The molecule has 3 nitrogen and oxygen atoms in total. The first-order chi connectivity index (χ1) is 9.54. The molecule has 0 bridgehead atoms. The number of halogens is 2. The van der Waals surface area contributed by atoms with Crippen LogP contribution in [0.5, 0.6) is 0 Å². The second-order valence-corrected chi connectivity index (χ2v) is 5.05. The van der Waals surface area contributed by atoms with Crippen molar-refractivity contribution in [3.8, 4) is 0 Å². The fourth-order valence-electron chi connectivity index (χ4n) is 1.52. The number of nitrogens with zero attached hydrogens (tertiary/aromatic N) is 1. The van der Waals surface area contributed by atoms with Gasteiger partial charge in [0, 0.05) is 16.7 Å². The van der Waals surface area contributed by atoms with Crippen molar-refractivity contribution in [1.82, 2.24) is 4.98 Å². The Morgan fingerprint density at radius 3 is 2.70 bits per heavy atom. The third-order valence-electron chi connectivity index (χ3n) is 2.60. The van der Waals surface area contributed by atoms with Crippen molar-refractivity contribution in [2.24, 2.45) is 0 Å². The molecule has 0 unspecified atom stereocenters. The number of pyridine rings is 1. The highest BCUT2D eigenvalue weighted by molar-refractivity contribution is 9.10. The molecule has 0 saturated heterocycles. The van der Waals surface area contributed by atoms with Crippen molar-refractivity contribution in [2.75, 3.05) is 5.32 Å².